The summed E-state index contributed by atoms with van der Waals surface area (Å²) in [6.07, 6.45) is 3.94. The third-order valence-electron chi connectivity index (χ3n) is 4.16. The SMILES string of the molecule is CCCCNC(=O)c1ccc(NC(=O)c2cc(Br)ccc2OCCCC)cc1. The van der Waals surface area contributed by atoms with Crippen LogP contribution in [-0.2, 0) is 0 Å². The molecule has 0 bridgehead atoms. The zero-order valence-corrected chi connectivity index (χ0v) is 18.0. The van der Waals surface area contributed by atoms with Crippen LogP contribution in [0.2, 0.25) is 0 Å². The fraction of sp³-hybridized carbons (Fsp3) is 0.364. The van der Waals surface area contributed by atoms with Gasteiger partial charge < -0.3 is 15.4 Å². The van der Waals surface area contributed by atoms with Crippen LogP contribution >= 0.6 is 15.9 Å². The Balaban J connectivity index is 2.04. The molecule has 2 aromatic carbocycles. The first-order valence-corrected chi connectivity index (χ1v) is 10.5. The fourth-order valence-corrected chi connectivity index (χ4v) is 2.88. The van der Waals surface area contributed by atoms with Gasteiger partial charge in [-0.15, -0.1) is 0 Å². The van der Waals surface area contributed by atoms with Crippen LogP contribution in [0.3, 0.4) is 0 Å². The lowest BCUT2D eigenvalue weighted by Gasteiger charge is -2.12. The summed E-state index contributed by atoms with van der Waals surface area (Å²) in [4.78, 5) is 24.8. The highest BCUT2D eigenvalue weighted by Gasteiger charge is 2.14. The second-order valence-corrected chi connectivity index (χ2v) is 7.40. The summed E-state index contributed by atoms with van der Waals surface area (Å²) < 4.78 is 6.56. The van der Waals surface area contributed by atoms with Crippen molar-refractivity contribution in [3.63, 3.8) is 0 Å². The molecule has 0 atom stereocenters. The summed E-state index contributed by atoms with van der Waals surface area (Å²) in [7, 11) is 0. The Hall–Kier alpha value is -2.34. The Bertz CT molecular complexity index is 791. The van der Waals surface area contributed by atoms with Gasteiger partial charge in [-0.2, -0.15) is 0 Å². The lowest BCUT2D eigenvalue weighted by molar-refractivity contribution is 0.0952. The predicted octanol–water partition coefficient (Wildman–Crippen LogP) is 5.41. The van der Waals surface area contributed by atoms with Crippen molar-refractivity contribution >= 4 is 33.4 Å². The van der Waals surface area contributed by atoms with E-state index in [0.29, 0.717) is 35.7 Å². The zero-order chi connectivity index (χ0) is 20.4. The van der Waals surface area contributed by atoms with Gasteiger partial charge in [-0.25, -0.2) is 0 Å². The van der Waals surface area contributed by atoms with Gasteiger partial charge in [0.1, 0.15) is 5.75 Å². The van der Waals surface area contributed by atoms with E-state index >= 15 is 0 Å². The van der Waals surface area contributed by atoms with Crippen molar-refractivity contribution in [2.45, 2.75) is 39.5 Å². The molecule has 0 fully saturated rings. The summed E-state index contributed by atoms with van der Waals surface area (Å²) in [5.74, 6) is 0.193. The average molecular weight is 447 g/mol. The van der Waals surface area contributed by atoms with E-state index < -0.39 is 0 Å². The first-order chi connectivity index (χ1) is 13.5. The van der Waals surface area contributed by atoms with Gasteiger partial charge in [-0.05, 0) is 55.3 Å². The molecule has 0 saturated heterocycles. The van der Waals surface area contributed by atoms with Crippen molar-refractivity contribution in [1.29, 1.82) is 0 Å². The third kappa shape index (κ3) is 6.68. The summed E-state index contributed by atoms with van der Waals surface area (Å²) in [6.45, 7) is 5.40. The molecular formula is C22H27BrN2O3. The summed E-state index contributed by atoms with van der Waals surface area (Å²) in [5.41, 5.74) is 1.65. The summed E-state index contributed by atoms with van der Waals surface area (Å²) in [5, 5.41) is 5.74. The van der Waals surface area contributed by atoms with Gasteiger partial charge in [-0.3, -0.25) is 9.59 Å². The van der Waals surface area contributed by atoms with E-state index in [-0.39, 0.29) is 11.8 Å². The molecular weight excluding hydrogens is 420 g/mol. The van der Waals surface area contributed by atoms with Crippen LogP contribution in [0.1, 0.15) is 60.2 Å². The minimum atomic E-state index is -0.257. The zero-order valence-electron chi connectivity index (χ0n) is 16.4. The molecule has 6 heteroatoms. The Kier molecular flexibility index (Phi) is 9.01. The number of nitrogens with one attached hydrogen (secondary N) is 2. The van der Waals surface area contributed by atoms with Crippen molar-refractivity contribution < 1.29 is 14.3 Å². The quantitative estimate of drug-likeness (QED) is 0.479. The van der Waals surface area contributed by atoms with Crippen LogP contribution in [0.15, 0.2) is 46.9 Å². The van der Waals surface area contributed by atoms with Crippen molar-refractivity contribution in [1.82, 2.24) is 5.32 Å². The second kappa shape index (κ2) is 11.5. The molecule has 0 aliphatic carbocycles. The van der Waals surface area contributed by atoms with Gasteiger partial charge in [0.15, 0.2) is 0 Å². The van der Waals surface area contributed by atoms with Gasteiger partial charge >= 0.3 is 0 Å². The monoisotopic (exact) mass is 446 g/mol. The van der Waals surface area contributed by atoms with E-state index in [1.807, 2.05) is 6.07 Å². The second-order valence-electron chi connectivity index (χ2n) is 6.48. The number of carbonyl (C=O) groups is 2. The number of unbranched alkanes of at least 4 members (excludes halogenated alkanes) is 2. The average Bonchev–Trinajstić information content (AvgIpc) is 2.70. The lowest BCUT2D eigenvalue weighted by Crippen LogP contribution is -2.24. The Morgan fingerprint density at radius 3 is 2.36 bits per heavy atom. The Morgan fingerprint density at radius 2 is 1.68 bits per heavy atom. The number of rotatable bonds is 10. The fourth-order valence-electron chi connectivity index (χ4n) is 2.52. The van der Waals surface area contributed by atoms with Crippen LogP contribution in [-0.4, -0.2) is 25.0 Å². The summed E-state index contributed by atoms with van der Waals surface area (Å²) in [6, 6.07) is 12.2. The maximum atomic E-state index is 12.7. The van der Waals surface area contributed by atoms with Crippen molar-refractivity contribution in [3.8, 4) is 5.75 Å². The van der Waals surface area contributed by atoms with E-state index in [1.54, 1.807) is 36.4 Å². The molecule has 0 radical (unpaired) electrons. The number of halogens is 1. The number of ether oxygens (including phenoxy) is 1. The molecule has 0 saturated carbocycles. The molecule has 150 valence electrons. The third-order valence-corrected chi connectivity index (χ3v) is 4.66. The lowest BCUT2D eigenvalue weighted by atomic mass is 10.1. The van der Waals surface area contributed by atoms with Crippen molar-refractivity contribution in [2.75, 3.05) is 18.5 Å². The van der Waals surface area contributed by atoms with Crippen LogP contribution in [0.5, 0.6) is 5.75 Å². The molecule has 0 heterocycles. The first kappa shape index (κ1) is 22.0. The molecule has 5 nitrogen and oxygen atoms in total. The van der Waals surface area contributed by atoms with Crippen LogP contribution < -0.4 is 15.4 Å². The van der Waals surface area contributed by atoms with E-state index in [1.165, 1.54) is 0 Å². The van der Waals surface area contributed by atoms with Crippen LogP contribution in [0.25, 0.3) is 0 Å². The molecule has 0 aliphatic rings. The molecule has 2 amide bonds. The molecule has 2 N–H and O–H groups in total. The van der Waals surface area contributed by atoms with Gasteiger partial charge in [0.2, 0.25) is 0 Å². The number of anilines is 1. The topological polar surface area (TPSA) is 67.4 Å². The van der Waals surface area contributed by atoms with Gasteiger partial charge in [0.25, 0.3) is 11.8 Å². The maximum absolute atomic E-state index is 12.7. The smallest absolute Gasteiger partial charge is 0.259 e. The molecule has 28 heavy (non-hydrogen) atoms. The molecule has 0 spiro atoms. The van der Waals surface area contributed by atoms with E-state index in [9.17, 15) is 9.59 Å². The molecule has 2 aromatic rings. The Morgan fingerprint density at radius 1 is 0.964 bits per heavy atom. The highest BCUT2D eigenvalue weighted by atomic mass is 79.9. The van der Waals surface area contributed by atoms with Gasteiger partial charge in [0, 0.05) is 22.3 Å². The molecule has 0 aliphatic heterocycles. The minimum Gasteiger partial charge on any atom is -0.493 e. The number of hydrogen-bond donors (Lipinski definition) is 2. The molecule has 2 rings (SSSR count). The number of benzene rings is 2. The van der Waals surface area contributed by atoms with E-state index in [0.717, 1.165) is 30.2 Å². The largest absolute Gasteiger partial charge is 0.493 e. The maximum Gasteiger partial charge on any atom is 0.259 e. The van der Waals surface area contributed by atoms with E-state index in [4.69, 9.17) is 4.74 Å². The molecule has 0 unspecified atom stereocenters. The normalized spacial score (nSPS) is 10.4. The predicted molar refractivity (Wildman–Crippen MR) is 116 cm³/mol. The van der Waals surface area contributed by atoms with Crippen LogP contribution in [0, 0.1) is 0 Å². The molecule has 0 aromatic heterocycles. The van der Waals surface area contributed by atoms with Gasteiger partial charge in [-0.1, -0.05) is 42.6 Å². The number of carbonyl (C=O) groups excluding carboxylic acids is 2. The standard InChI is InChI=1S/C22H27BrN2O3/c1-3-5-13-24-21(26)16-7-10-18(11-8-16)25-22(27)19-15-17(23)9-12-20(19)28-14-6-4-2/h7-12,15H,3-6,13-14H2,1-2H3,(H,24,26)(H,25,27). The van der Waals surface area contributed by atoms with Crippen molar-refractivity contribution in [3.05, 3.63) is 58.1 Å². The van der Waals surface area contributed by atoms with Crippen LogP contribution in [0.4, 0.5) is 5.69 Å². The van der Waals surface area contributed by atoms with E-state index in [2.05, 4.69) is 40.4 Å². The highest BCUT2D eigenvalue weighted by Crippen LogP contribution is 2.25. The van der Waals surface area contributed by atoms with Crippen molar-refractivity contribution in [2.24, 2.45) is 0 Å². The minimum absolute atomic E-state index is 0.107. The van der Waals surface area contributed by atoms with Gasteiger partial charge in [0.05, 0.1) is 12.2 Å². The number of amides is 2. The Labute approximate surface area is 175 Å². The highest BCUT2D eigenvalue weighted by molar-refractivity contribution is 9.10. The summed E-state index contributed by atoms with van der Waals surface area (Å²) >= 11 is 3.40. The first-order valence-electron chi connectivity index (χ1n) is 9.67. The number of hydrogen-bond acceptors (Lipinski definition) is 3.